The second-order valence-electron chi connectivity index (χ2n) is 3.97. The Bertz CT molecular complexity index is 820. The zero-order chi connectivity index (χ0) is 13.6. The fourth-order valence-electron chi connectivity index (χ4n) is 2.02. The molecule has 1 N–H and O–H groups in total. The molecule has 0 amide bonds. The molecule has 0 saturated carbocycles. The summed E-state index contributed by atoms with van der Waals surface area (Å²) < 4.78 is 16.7. The Morgan fingerprint density at radius 3 is 2.68 bits per heavy atom. The minimum atomic E-state index is -0.355. The Hall–Kier alpha value is -1.17. The fraction of sp³-hybridized carbons (Fsp3) is 0. The number of nitrogens with zero attached hydrogens (tertiary/aromatic N) is 1. The Balaban J connectivity index is 2.47. The molecule has 0 aliphatic rings. The second kappa shape index (κ2) is 4.74. The van der Waals surface area contributed by atoms with E-state index in [0.717, 1.165) is 5.52 Å². The summed E-state index contributed by atoms with van der Waals surface area (Å²) in [6.45, 7) is 0. The number of para-hydroxylation sites is 2. The first kappa shape index (κ1) is 12.8. The number of hydrogen-bond acceptors (Lipinski definition) is 1. The van der Waals surface area contributed by atoms with Gasteiger partial charge < -0.3 is 4.98 Å². The van der Waals surface area contributed by atoms with Gasteiger partial charge in [-0.2, -0.15) is 0 Å². The van der Waals surface area contributed by atoms with Gasteiger partial charge in [-0.15, -0.1) is 0 Å². The molecule has 1 heterocycles. The number of imidazole rings is 1. The largest absolute Gasteiger partial charge is 0.329 e. The number of rotatable bonds is 1. The lowest BCUT2D eigenvalue weighted by Gasteiger charge is -2.08. The zero-order valence-corrected chi connectivity index (χ0v) is 12.6. The molecule has 0 aliphatic heterocycles. The summed E-state index contributed by atoms with van der Waals surface area (Å²) in [6, 6.07) is 10.2. The maximum Gasteiger partial charge on any atom is 0.182 e. The van der Waals surface area contributed by atoms with Crippen LogP contribution in [-0.2, 0) is 0 Å². The Labute approximate surface area is 127 Å². The predicted octanol–water partition coefficient (Wildman–Crippen LogP) is 5.24. The van der Waals surface area contributed by atoms with Crippen LogP contribution in [0.4, 0.5) is 4.39 Å². The molecule has 96 valence electrons. The summed E-state index contributed by atoms with van der Waals surface area (Å²) >= 11 is 14.7. The lowest BCUT2D eigenvalue weighted by Crippen LogP contribution is -1.98. The highest BCUT2D eigenvalue weighted by molar-refractivity contribution is 9.10. The molecule has 19 heavy (non-hydrogen) atoms. The number of nitrogens with one attached hydrogen (secondary N) is 1. The van der Waals surface area contributed by atoms with E-state index in [0.29, 0.717) is 25.5 Å². The van der Waals surface area contributed by atoms with Crippen LogP contribution < -0.4 is 0 Å². The van der Waals surface area contributed by atoms with Crippen LogP contribution in [-0.4, -0.2) is 9.55 Å². The molecule has 2 nitrogen and oxygen atoms in total. The highest BCUT2D eigenvalue weighted by atomic mass is 79.9. The molecule has 0 saturated heterocycles. The molecule has 0 bridgehead atoms. The van der Waals surface area contributed by atoms with Crippen molar-refractivity contribution in [2.45, 2.75) is 0 Å². The molecule has 2 aromatic carbocycles. The highest BCUT2D eigenvalue weighted by Crippen LogP contribution is 2.30. The van der Waals surface area contributed by atoms with E-state index >= 15 is 0 Å². The van der Waals surface area contributed by atoms with Crippen molar-refractivity contribution in [3.63, 3.8) is 0 Å². The van der Waals surface area contributed by atoms with Crippen molar-refractivity contribution in [2.24, 2.45) is 0 Å². The number of hydrogen-bond donors (Lipinski definition) is 1. The topological polar surface area (TPSA) is 20.7 Å². The number of benzene rings is 2. The van der Waals surface area contributed by atoms with Gasteiger partial charge in [0.25, 0.3) is 0 Å². The van der Waals surface area contributed by atoms with Crippen LogP contribution in [0.25, 0.3) is 16.7 Å². The Morgan fingerprint density at radius 1 is 1.21 bits per heavy atom. The van der Waals surface area contributed by atoms with Crippen LogP contribution in [0.5, 0.6) is 0 Å². The van der Waals surface area contributed by atoms with Gasteiger partial charge in [0.05, 0.1) is 21.7 Å². The van der Waals surface area contributed by atoms with Crippen molar-refractivity contribution < 1.29 is 4.39 Å². The highest BCUT2D eigenvalue weighted by Gasteiger charge is 2.14. The fourth-order valence-corrected chi connectivity index (χ4v) is 3.05. The van der Waals surface area contributed by atoms with Gasteiger partial charge >= 0.3 is 0 Å². The van der Waals surface area contributed by atoms with Gasteiger partial charge in [-0.1, -0.05) is 23.7 Å². The third-order valence-electron chi connectivity index (χ3n) is 2.83. The van der Waals surface area contributed by atoms with E-state index in [-0.39, 0.29) is 5.82 Å². The van der Waals surface area contributed by atoms with E-state index in [9.17, 15) is 4.39 Å². The number of aromatic amines is 1. The molecule has 0 fully saturated rings. The van der Waals surface area contributed by atoms with Crippen LogP contribution in [0.3, 0.4) is 0 Å². The maximum absolute atomic E-state index is 14.1. The first-order chi connectivity index (χ1) is 9.09. The van der Waals surface area contributed by atoms with Gasteiger partial charge in [0.1, 0.15) is 5.82 Å². The monoisotopic (exact) mass is 356 g/mol. The average molecular weight is 358 g/mol. The summed E-state index contributed by atoms with van der Waals surface area (Å²) in [7, 11) is 0. The summed E-state index contributed by atoms with van der Waals surface area (Å²) in [5.74, 6) is -0.355. The summed E-state index contributed by atoms with van der Waals surface area (Å²) in [5.41, 5.74) is 1.81. The molecule has 0 unspecified atom stereocenters. The van der Waals surface area contributed by atoms with Crippen molar-refractivity contribution in [1.82, 2.24) is 9.55 Å². The lowest BCUT2D eigenvalue weighted by molar-refractivity contribution is 0.617. The minimum absolute atomic E-state index is 0.355. The smallest absolute Gasteiger partial charge is 0.182 e. The van der Waals surface area contributed by atoms with Crippen molar-refractivity contribution in [3.05, 3.63) is 56.5 Å². The first-order valence-corrected chi connectivity index (χ1v) is 7.01. The normalized spacial score (nSPS) is 11.1. The SMILES string of the molecule is Fc1cccc(Br)c1-n1c(=S)[nH]c2c(Cl)cccc21. The van der Waals surface area contributed by atoms with E-state index in [2.05, 4.69) is 20.9 Å². The van der Waals surface area contributed by atoms with Gasteiger partial charge in [0.15, 0.2) is 4.77 Å². The second-order valence-corrected chi connectivity index (χ2v) is 5.62. The third kappa shape index (κ3) is 2.02. The van der Waals surface area contributed by atoms with E-state index in [1.807, 2.05) is 6.07 Å². The number of H-pyrrole nitrogens is 1. The molecular weight excluding hydrogens is 351 g/mol. The summed E-state index contributed by atoms with van der Waals surface area (Å²) in [4.78, 5) is 3.01. The lowest BCUT2D eigenvalue weighted by atomic mass is 10.2. The van der Waals surface area contributed by atoms with E-state index in [1.165, 1.54) is 6.07 Å². The van der Waals surface area contributed by atoms with E-state index < -0.39 is 0 Å². The predicted molar refractivity (Wildman–Crippen MR) is 81.1 cm³/mol. The minimum Gasteiger partial charge on any atom is -0.329 e. The molecular formula is C13H7BrClFN2S. The van der Waals surface area contributed by atoms with Crippen molar-refractivity contribution >= 4 is 50.8 Å². The van der Waals surface area contributed by atoms with Gasteiger partial charge in [-0.05, 0) is 52.4 Å². The first-order valence-electron chi connectivity index (χ1n) is 5.43. The quantitative estimate of drug-likeness (QED) is 0.590. The van der Waals surface area contributed by atoms with Crippen molar-refractivity contribution in [2.75, 3.05) is 0 Å². The van der Waals surface area contributed by atoms with Crippen LogP contribution >= 0.6 is 39.7 Å². The molecule has 0 spiro atoms. The van der Waals surface area contributed by atoms with Gasteiger partial charge in [-0.3, -0.25) is 4.57 Å². The van der Waals surface area contributed by atoms with Crippen LogP contribution in [0, 0.1) is 10.6 Å². The number of fused-ring (bicyclic) bond motifs is 1. The van der Waals surface area contributed by atoms with Crippen LogP contribution in [0.1, 0.15) is 0 Å². The van der Waals surface area contributed by atoms with E-state index in [4.69, 9.17) is 23.8 Å². The average Bonchev–Trinajstić information content (AvgIpc) is 2.68. The molecule has 6 heteroatoms. The Morgan fingerprint density at radius 2 is 1.95 bits per heavy atom. The third-order valence-corrected chi connectivity index (χ3v) is 4.07. The molecule has 3 aromatic rings. The summed E-state index contributed by atoms with van der Waals surface area (Å²) in [5, 5.41) is 0.551. The Kier molecular flexibility index (Phi) is 3.20. The van der Waals surface area contributed by atoms with Crippen LogP contribution in [0.15, 0.2) is 40.9 Å². The molecule has 0 atom stereocenters. The van der Waals surface area contributed by atoms with Crippen molar-refractivity contribution in [1.29, 1.82) is 0 Å². The molecule has 3 rings (SSSR count). The van der Waals surface area contributed by atoms with E-state index in [1.54, 1.807) is 28.8 Å². The van der Waals surface area contributed by atoms with Gasteiger partial charge in [0.2, 0.25) is 0 Å². The number of aromatic nitrogens is 2. The van der Waals surface area contributed by atoms with Crippen LogP contribution in [0.2, 0.25) is 5.02 Å². The summed E-state index contributed by atoms with van der Waals surface area (Å²) in [6.07, 6.45) is 0. The van der Waals surface area contributed by atoms with Crippen molar-refractivity contribution in [3.8, 4) is 5.69 Å². The molecule has 1 aromatic heterocycles. The number of halogens is 3. The maximum atomic E-state index is 14.1. The zero-order valence-electron chi connectivity index (χ0n) is 9.45. The van der Waals surface area contributed by atoms with Gasteiger partial charge in [0, 0.05) is 4.47 Å². The van der Waals surface area contributed by atoms with Gasteiger partial charge in [-0.25, -0.2) is 4.39 Å². The standard InChI is InChI=1S/C13H7BrClFN2S/c14-7-3-1-5-9(16)12(7)18-10-6-2-4-8(15)11(10)17-13(18)19/h1-6H,(H,17,19). The molecule has 0 radical (unpaired) electrons. The molecule has 0 aliphatic carbocycles.